The molecule has 0 radical (unpaired) electrons. The monoisotopic (exact) mass is 462 g/mol. The third-order valence-corrected chi connectivity index (χ3v) is 5.29. The number of furan rings is 1. The molecule has 1 aromatic heterocycles. The summed E-state index contributed by atoms with van der Waals surface area (Å²) in [5.41, 5.74) is 1.67. The number of thiocarbonyl (C=S) groups is 1. The normalized spacial score (nSPS) is 10.6. The molecule has 7 nitrogen and oxygen atoms in total. The van der Waals surface area contributed by atoms with Crippen LogP contribution >= 0.6 is 12.2 Å². The molecule has 4 aromatic rings. The molecule has 4 rings (SSSR count). The lowest BCUT2D eigenvalue weighted by Crippen LogP contribution is -2.34. The number of aliphatic hydroxyl groups excluding tert-OH is 1. The van der Waals surface area contributed by atoms with E-state index in [2.05, 4.69) is 10.6 Å². The van der Waals surface area contributed by atoms with Crippen molar-refractivity contribution in [2.45, 2.75) is 6.61 Å². The first-order valence-electron chi connectivity index (χ1n) is 10.1. The minimum Gasteiger partial charge on any atom is -0.496 e. The number of hydrogen-bond donors (Lipinski definition) is 3. The van der Waals surface area contributed by atoms with Crippen molar-refractivity contribution < 1.29 is 23.8 Å². The highest BCUT2D eigenvalue weighted by molar-refractivity contribution is 7.80. The van der Waals surface area contributed by atoms with Crippen molar-refractivity contribution >= 4 is 39.7 Å². The molecule has 3 N–H and O–H groups in total. The van der Waals surface area contributed by atoms with Gasteiger partial charge in [-0.15, -0.1) is 0 Å². The second-order valence-corrected chi connectivity index (χ2v) is 7.56. The molecule has 0 aliphatic carbocycles. The van der Waals surface area contributed by atoms with Gasteiger partial charge in [-0.2, -0.15) is 0 Å². The summed E-state index contributed by atoms with van der Waals surface area (Å²) in [6, 6.07) is 20.1. The number of anilines is 1. The van der Waals surface area contributed by atoms with E-state index in [-0.39, 0.29) is 11.7 Å². The minimum absolute atomic E-state index is 0.0983. The van der Waals surface area contributed by atoms with Crippen molar-refractivity contribution in [3.63, 3.8) is 0 Å². The number of nitrogens with one attached hydrogen (secondary N) is 2. The maximum atomic E-state index is 13.0. The third kappa shape index (κ3) is 4.82. The molecule has 1 amide bonds. The molecule has 0 aliphatic rings. The minimum atomic E-state index is -0.399. The number of methoxy groups -OCH3 is 2. The van der Waals surface area contributed by atoms with Gasteiger partial charge in [-0.1, -0.05) is 24.3 Å². The molecule has 33 heavy (non-hydrogen) atoms. The van der Waals surface area contributed by atoms with Gasteiger partial charge in [0.2, 0.25) is 0 Å². The molecule has 0 atom stereocenters. The topological polar surface area (TPSA) is 93.0 Å². The van der Waals surface area contributed by atoms with Crippen LogP contribution in [0.1, 0.15) is 16.1 Å². The molecule has 0 bridgehead atoms. The fourth-order valence-corrected chi connectivity index (χ4v) is 3.67. The summed E-state index contributed by atoms with van der Waals surface area (Å²) >= 11 is 5.38. The van der Waals surface area contributed by atoms with Crippen LogP contribution in [0.4, 0.5) is 5.69 Å². The maximum absolute atomic E-state index is 13.0. The predicted octanol–water partition coefficient (Wildman–Crippen LogP) is 4.74. The van der Waals surface area contributed by atoms with Crippen LogP contribution in [-0.4, -0.2) is 30.3 Å². The highest BCUT2D eigenvalue weighted by Gasteiger charge is 2.16. The molecule has 1 heterocycles. The Hall–Kier alpha value is -3.88. The molecule has 0 saturated heterocycles. The summed E-state index contributed by atoms with van der Waals surface area (Å²) in [5.74, 6) is 1.63. The summed E-state index contributed by atoms with van der Waals surface area (Å²) in [5, 5.41) is 16.9. The van der Waals surface area contributed by atoms with Gasteiger partial charge in [-0.05, 0) is 65.5 Å². The number of amides is 1. The molecule has 0 spiro atoms. The number of ether oxygens (including phenoxy) is 2. The van der Waals surface area contributed by atoms with Crippen molar-refractivity contribution in [2.75, 3.05) is 19.5 Å². The number of carbonyl (C=O) groups excluding carboxylic acids is 1. The van der Waals surface area contributed by atoms with Crippen LogP contribution in [0.3, 0.4) is 0 Å². The van der Waals surface area contributed by atoms with E-state index in [1.165, 1.54) is 7.11 Å². The number of rotatable bonds is 6. The summed E-state index contributed by atoms with van der Waals surface area (Å²) in [6.07, 6.45) is 0. The van der Waals surface area contributed by atoms with E-state index in [0.29, 0.717) is 34.3 Å². The highest BCUT2D eigenvalue weighted by atomic mass is 32.1. The lowest BCUT2D eigenvalue weighted by molar-refractivity contribution is 0.0975. The standard InChI is InChI=1S/C25H22N2O5S/c1-30-22-9-7-17(21-10-8-18(14-28)32-21)12-20(22)26-25(33)27-24(29)19-11-15-5-3-4-6-16(15)13-23(19)31-2/h3-13,28H,14H2,1-2H3,(H2,26,27,29,33). The second-order valence-electron chi connectivity index (χ2n) is 7.15. The van der Waals surface area contributed by atoms with Crippen molar-refractivity contribution in [1.82, 2.24) is 5.32 Å². The lowest BCUT2D eigenvalue weighted by atomic mass is 10.1. The molecule has 168 valence electrons. The largest absolute Gasteiger partial charge is 0.496 e. The van der Waals surface area contributed by atoms with Gasteiger partial charge >= 0.3 is 0 Å². The summed E-state index contributed by atoms with van der Waals surface area (Å²) in [7, 11) is 3.06. The van der Waals surface area contributed by atoms with Crippen molar-refractivity contribution in [2.24, 2.45) is 0 Å². The first kappa shape index (κ1) is 22.3. The van der Waals surface area contributed by atoms with Crippen LogP contribution in [0.5, 0.6) is 11.5 Å². The molecule has 0 aliphatic heterocycles. The number of aliphatic hydroxyl groups is 1. The lowest BCUT2D eigenvalue weighted by Gasteiger charge is -2.15. The summed E-state index contributed by atoms with van der Waals surface area (Å²) < 4.78 is 16.4. The molecule has 0 saturated carbocycles. The Kier molecular flexibility index (Phi) is 6.58. The van der Waals surface area contributed by atoms with Crippen LogP contribution in [-0.2, 0) is 6.61 Å². The van der Waals surface area contributed by atoms with Crippen LogP contribution < -0.4 is 20.1 Å². The Balaban J connectivity index is 1.55. The summed E-state index contributed by atoms with van der Waals surface area (Å²) in [6.45, 7) is -0.185. The maximum Gasteiger partial charge on any atom is 0.261 e. The fraction of sp³-hybridized carbons (Fsp3) is 0.120. The Morgan fingerprint density at radius 1 is 0.970 bits per heavy atom. The number of benzene rings is 3. The summed E-state index contributed by atoms with van der Waals surface area (Å²) in [4.78, 5) is 13.0. The van der Waals surface area contributed by atoms with E-state index in [1.807, 2.05) is 36.4 Å². The second kappa shape index (κ2) is 9.72. The Morgan fingerprint density at radius 2 is 1.70 bits per heavy atom. The number of hydrogen-bond acceptors (Lipinski definition) is 6. The molecule has 8 heteroatoms. The zero-order valence-corrected chi connectivity index (χ0v) is 18.9. The Morgan fingerprint density at radius 3 is 2.36 bits per heavy atom. The average Bonchev–Trinajstić information content (AvgIpc) is 3.32. The highest BCUT2D eigenvalue weighted by Crippen LogP contribution is 2.32. The molecular formula is C25H22N2O5S. The predicted molar refractivity (Wildman–Crippen MR) is 131 cm³/mol. The van der Waals surface area contributed by atoms with Gasteiger partial charge in [0.1, 0.15) is 29.6 Å². The van der Waals surface area contributed by atoms with Gasteiger partial charge in [-0.25, -0.2) is 0 Å². The number of fused-ring (bicyclic) bond motifs is 1. The van der Waals surface area contributed by atoms with Crippen molar-refractivity contribution in [1.29, 1.82) is 0 Å². The van der Waals surface area contributed by atoms with Gasteiger partial charge < -0.3 is 24.3 Å². The van der Waals surface area contributed by atoms with E-state index >= 15 is 0 Å². The van der Waals surface area contributed by atoms with Gasteiger partial charge in [0, 0.05) is 5.56 Å². The van der Waals surface area contributed by atoms with Gasteiger partial charge in [0.25, 0.3) is 5.91 Å². The van der Waals surface area contributed by atoms with E-state index in [4.69, 9.17) is 26.1 Å². The average molecular weight is 463 g/mol. The quantitative estimate of drug-likeness (QED) is 0.357. The molecular weight excluding hydrogens is 440 g/mol. The number of carbonyl (C=O) groups is 1. The van der Waals surface area contributed by atoms with Crippen molar-refractivity contribution in [3.05, 3.63) is 78.1 Å². The Labute approximate surface area is 195 Å². The van der Waals surface area contributed by atoms with E-state index < -0.39 is 5.91 Å². The van der Waals surface area contributed by atoms with Crippen molar-refractivity contribution in [3.8, 4) is 22.8 Å². The smallest absolute Gasteiger partial charge is 0.261 e. The van der Waals surface area contributed by atoms with Crippen LogP contribution in [0, 0.1) is 0 Å². The third-order valence-electron chi connectivity index (χ3n) is 5.09. The van der Waals surface area contributed by atoms with E-state index in [9.17, 15) is 9.90 Å². The van der Waals surface area contributed by atoms with E-state index in [0.717, 1.165) is 16.3 Å². The van der Waals surface area contributed by atoms with E-state index in [1.54, 1.807) is 37.4 Å². The van der Waals surface area contributed by atoms with Crippen LogP contribution in [0.2, 0.25) is 0 Å². The van der Waals surface area contributed by atoms with Crippen LogP contribution in [0.25, 0.3) is 22.1 Å². The molecule has 3 aromatic carbocycles. The molecule has 0 fully saturated rings. The first-order valence-corrected chi connectivity index (χ1v) is 10.5. The van der Waals surface area contributed by atoms with Gasteiger partial charge in [0.05, 0.1) is 25.5 Å². The van der Waals surface area contributed by atoms with Crippen LogP contribution in [0.15, 0.2) is 71.1 Å². The molecule has 0 unspecified atom stereocenters. The SMILES string of the molecule is COc1ccc(-c2ccc(CO)o2)cc1NC(=S)NC(=O)c1cc2ccccc2cc1OC. The van der Waals surface area contributed by atoms with Gasteiger partial charge in [-0.3, -0.25) is 10.1 Å². The zero-order chi connectivity index (χ0) is 23.4. The zero-order valence-electron chi connectivity index (χ0n) is 18.0. The van der Waals surface area contributed by atoms with Gasteiger partial charge in [0.15, 0.2) is 5.11 Å². The fourth-order valence-electron chi connectivity index (χ4n) is 3.47. The first-order chi connectivity index (χ1) is 16.0. The Bertz CT molecular complexity index is 1330.